The fourth-order valence-corrected chi connectivity index (χ4v) is 4.44. The highest BCUT2D eigenvalue weighted by Crippen LogP contribution is 2.44. The molecule has 2 aliphatic heterocycles. The lowest BCUT2D eigenvalue weighted by atomic mass is 10.1. The molecule has 4 heterocycles. The lowest BCUT2D eigenvalue weighted by molar-refractivity contribution is -0.165. The molecule has 0 aliphatic carbocycles. The van der Waals surface area contributed by atoms with Gasteiger partial charge < -0.3 is 18.9 Å². The van der Waals surface area contributed by atoms with E-state index in [0.717, 1.165) is 11.1 Å². The molecule has 9 nitrogen and oxygen atoms in total. The van der Waals surface area contributed by atoms with Gasteiger partial charge in [-0.05, 0) is 18.1 Å². The van der Waals surface area contributed by atoms with Gasteiger partial charge in [-0.1, -0.05) is 54.5 Å². The van der Waals surface area contributed by atoms with E-state index in [1.165, 1.54) is 13.3 Å². The maximum atomic E-state index is 11.5. The number of fused-ring (bicyclic) bond motifs is 2. The Bertz CT molecular complexity index is 1450. The highest BCUT2D eigenvalue weighted by Gasteiger charge is 2.54. The number of carbonyl (C=O) groups excluding carboxylic acids is 1. The summed E-state index contributed by atoms with van der Waals surface area (Å²) in [5, 5.41) is 0. The van der Waals surface area contributed by atoms with Crippen LogP contribution in [0, 0.1) is 11.8 Å². The normalized spacial score (nSPS) is 24.8. The lowest BCUT2D eigenvalue weighted by Gasteiger charge is -2.21. The largest absolute Gasteiger partial charge is 0.463 e. The Morgan fingerprint density at radius 2 is 1.69 bits per heavy atom. The minimum Gasteiger partial charge on any atom is -0.463 e. The van der Waals surface area contributed by atoms with Gasteiger partial charge in [-0.25, -0.2) is 15.0 Å². The molecule has 0 unspecified atom stereocenters. The van der Waals surface area contributed by atoms with Crippen molar-refractivity contribution in [1.82, 2.24) is 19.5 Å². The van der Waals surface area contributed by atoms with Crippen LogP contribution in [0.4, 0.5) is 0 Å². The molecule has 6 rings (SSSR count). The number of benzene rings is 2. The monoisotopic (exact) mass is 482 g/mol. The van der Waals surface area contributed by atoms with Crippen LogP contribution in [-0.4, -0.2) is 50.4 Å². The van der Waals surface area contributed by atoms with Crippen molar-refractivity contribution in [3.63, 3.8) is 0 Å². The highest BCUT2D eigenvalue weighted by molar-refractivity contribution is 5.76. The number of nitrogens with zero attached hydrogens (tertiary/aromatic N) is 4. The van der Waals surface area contributed by atoms with Gasteiger partial charge in [-0.3, -0.25) is 9.36 Å². The summed E-state index contributed by atoms with van der Waals surface area (Å²) < 4.78 is 25.9. The summed E-state index contributed by atoms with van der Waals surface area (Å²) in [6, 6.07) is 19.3. The van der Waals surface area contributed by atoms with Crippen molar-refractivity contribution in [2.75, 3.05) is 6.61 Å². The first kappa shape index (κ1) is 22.4. The Hall–Kier alpha value is -4.10. The molecule has 36 heavy (non-hydrogen) atoms. The van der Waals surface area contributed by atoms with E-state index < -0.39 is 30.8 Å². The first-order valence-electron chi connectivity index (χ1n) is 11.6. The van der Waals surface area contributed by atoms with Crippen LogP contribution in [-0.2, 0) is 23.7 Å². The number of carbonyl (C=O) groups is 1. The molecule has 4 aromatic rings. The van der Waals surface area contributed by atoms with Crippen LogP contribution in [0.1, 0.15) is 36.3 Å². The number of ether oxygens (including phenoxy) is 4. The van der Waals surface area contributed by atoms with Crippen LogP contribution in [0.25, 0.3) is 11.2 Å². The third kappa shape index (κ3) is 4.22. The van der Waals surface area contributed by atoms with Crippen molar-refractivity contribution >= 4 is 17.1 Å². The Morgan fingerprint density at radius 1 is 0.944 bits per heavy atom. The van der Waals surface area contributed by atoms with Gasteiger partial charge in [0.05, 0.1) is 6.33 Å². The maximum absolute atomic E-state index is 11.5. The lowest BCUT2D eigenvalue weighted by Crippen LogP contribution is -2.32. The van der Waals surface area contributed by atoms with Crippen LogP contribution in [0.5, 0.6) is 0 Å². The molecule has 0 saturated carbocycles. The van der Waals surface area contributed by atoms with E-state index in [-0.39, 0.29) is 12.6 Å². The Labute approximate surface area is 207 Å². The third-order valence-electron chi connectivity index (χ3n) is 6.10. The number of aromatic nitrogens is 4. The second kappa shape index (κ2) is 9.51. The predicted molar refractivity (Wildman–Crippen MR) is 127 cm³/mol. The van der Waals surface area contributed by atoms with Gasteiger partial charge in [-0.2, -0.15) is 0 Å². The Morgan fingerprint density at radius 3 is 2.47 bits per heavy atom. The van der Waals surface area contributed by atoms with Gasteiger partial charge in [0.2, 0.25) is 0 Å². The van der Waals surface area contributed by atoms with E-state index >= 15 is 0 Å². The standard InChI is InChI=1S/C27H22N4O5/c1-17(32)33-14-21-23-24(36-27(35-23)19-10-6-3-7-11-19)26(34-21)31-16-30-22-20(28-15-29-25(22)31)13-12-18-8-4-2-5-9-18/h2-11,15-16,21,23-24,26-27H,14H2,1H3/t21-,23-,24-,26-,27-/m1/s1. The van der Waals surface area contributed by atoms with Gasteiger partial charge in [0.15, 0.2) is 18.2 Å². The summed E-state index contributed by atoms with van der Waals surface area (Å²) in [6.07, 6.45) is 0.495. The molecule has 2 fully saturated rings. The molecule has 0 radical (unpaired) electrons. The van der Waals surface area contributed by atoms with Crippen molar-refractivity contribution in [2.45, 2.75) is 37.8 Å². The van der Waals surface area contributed by atoms with Crippen LogP contribution in [0.2, 0.25) is 0 Å². The van der Waals surface area contributed by atoms with E-state index in [1.807, 2.05) is 60.7 Å². The summed E-state index contributed by atoms with van der Waals surface area (Å²) in [7, 11) is 0. The maximum Gasteiger partial charge on any atom is 0.302 e. The van der Waals surface area contributed by atoms with E-state index in [1.54, 1.807) is 10.9 Å². The van der Waals surface area contributed by atoms with Crippen molar-refractivity contribution in [1.29, 1.82) is 0 Å². The molecule has 180 valence electrons. The summed E-state index contributed by atoms with van der Waals surface area (Å²) in [6.45, 7) is 1.41. The molecule has 0 spiro atoms. The molecular weight excluding hydrogens is 460 g/mol. The fraction of sp³-hybridized carbons (Fsp3) is 0.259. The molecule has 0 N–H and O–H groups in total. The average molecular weight is 482 g/mol. The van der Waals surface area contributed by atoms with Crippen LogP contribution in [0.3, 0.4) is 0 Å². The molecular formula is C27H22N4O5. The number of hydrogen-bond acceptors (Lipinski definition) is 8. The van der Waals surface area contributed by atoms with Crippen LogP contribution in [0.15, 0.2) is 73.3 Å². The topological polar surface area (TPSA) is 97.6 Å². The SMILES string of the molecule is CC(=O)OC[C@H]1O[C@@H](n2cnc3c(C#Cc4ccccc4)ncnc32)[C@@H]2O[C@H](c3ccccc3)O[C@@H]21. The van der Waals surface area contributed by atoms with Gasteiger partial charge in [0.25, 0.3) is 0 Å². The predicted octanol–water partition coefficient (Wildman–Crippen LogP) is 3.17. The second-order valence-electron chi connectivity index (χ2n) is 8.47. The van der Waals surface area contributed by atoms with Crippen molar-refractivity contribution in [3.05, 3.63) is 90.1 Å². The first-order valence-corrected chi connectivity index (χ1v) is 11.6. The number of esters is 1. The van der Waals surface area contributed by atoms with Crippen molar-refractivity contribution in [3.8, 4) is 11.8 Å². The van der Waals surface area contributed by atoms with Crippen LogP contribution >= 0.6 is 0 Å². The van der Waals surface area contributed by atoms with E-state index in [0.29, 0.717) is 16.9 Å². The number of hydrogen-bond donors (Lipinski definition) is 0. The molecule has 2 aromatic heterocycles. The Balaban J connectivity index is 1.33. The van der Waals surface area contributed by atoms with Gasteiger partial charge >= 0.3 is 5.97 Å². The molecule has 0 bridgehead atoms. The number of imidazole rings is 1. The van der Waals surface area contributed by atoms with E-state index in [9.17, 15) is 4.79 Å². The molecule has 5 atom stereocenters. The summed E-state index contributed by atoms with van der Waals surface area (Å²) in [5.41, 5.74) is 3.41. The van der Waals surface area contributed by atoms with Gasteiger partial charge in [0.1, 0.15) is 42.5 Å². The zero-order valence-electron chi connectivity index (χ0n) is 19.4. The smallest absolute Gasteiger partial charge is 0.302 e. The zero-order valence-corrected chi connectivity index (χ0v) is 19.4. The summed E-state index contributed by atoms with van der Waals surface area (Å²) in [4.78, 5) is 24.8. The second-order valence-corrected chi connectivity index (χ2v) is 8.47. The zero-order chi connectivity index (χ0) is 24.5. The van der Waals surface area contributed by atoms with Crippen molar-refractivity contribution in [2.24, 2.45) is 0 Å². The molecule has 0 amide bonds. The quantitative estimate of drug-likeness (QED) is 0.323. The minimum atomic E-state index is -0.598. The molecule has 2 aromatic carbocycles. The van der Waals surface area contributed by atoms with Crippen LogP contribution < -0.4 is 0 Å². The number of rotatable bonds is 4. The van der Waals surface area contributed by atoms with Crippen molar-refractivity contribution < 1.29 is 23.7 Å². The average Bonchev–Trinajstić information content (AvgIpc) is 3.61. The summed E-state index contributed by atoms with van der Waals surface area (Å²) in [5.74, 6) is 5.82. The summed E-state index contributed by atoms with van der Waals surface area (Å²) >= 11 is 0. The molecule has 9 heteroatoms. The molecule has 2 saturated heterocycles. The first-order chi connectivity index (χ1) is 17.7. The highest BCUT2D eigenvalue weighted by atomic mass is 16.8. The minimum absolute atomic E-state index is 0.0489. The third-order valence-corrected chi connectivity index (χ3v) is 6.10. The Kier molecular flexibility index (Phi) is 5.91. The fourth-order valence-electron chi connectivity index (χ4n) is 4.44. The van der Waals surface area contributed by atoms with Gasteiger partial charge in [-0.15, -0.1) is 0 Å². The van der Waals surface area contributed by atoms with E-state index in [4.69, 9.17) is 18.9 Å². The van der Waals surface area contributed by atoms with E-state index in [2.05, 4.69) is 26.8 Å². The molecule has 2 aliphatic rings. The van der Waals surface area contributed by atoms with Gasteiger partial charge in [0, 0.05) is 18.1 Å².